The molecule has 1 saturated carbocycles. The van der Waals surface area contributed by atoms with Crippen molar-refractivity contribution in [2.45, 2.75) is 25.7 Å². The van der Waals surface area contributed by atoms with Crippen LogP contribution in [0.5, 0.6) is 0 Å². The van der Waals surface area contributed by atoms with Crippen LogP contribution in [0.3, 0.4) is 0 Å². The van der Waals surface area contributed by atoms with Gasteiger partial charge in [-0.1, -0.05) is 0 Å². The Kier molecular flexibility index (Phi) is 5.79. The van der Waals surface area contributed by atoms with E-state index in [1.165, 1.54) is 0 Å². The molecule has 0 spiro atoms. The van der Waals surface area contributed by atoms with Crippen molar-refractivity contribution in [3.8, 4) is 0 Å². The van der Waals surface area contributed by atoms with E-state index in [4.69, 9.17) is 5.11 Å². The van der Waals surface area contributed by atoms with Crippen LogP contribution in [0.25, 0.3) is 0 Å². The van der Waals surface area contributed by atoms with Crippen molar-refractivity contribution >= 4 is 11.9 Å². The van der Waals surface area contributed by atoms with Crippen molar-refractivity contribution in [1.29, 1.82) is 0 Å². The van der Waals surface area contributed by atoms with Crippen LogP contribution in [0.2, 0.25) is 0 Å². The molecular formula is C14H25N3O3. The molecule has 0 atom stereocenters. The van der Waals surface area contributed by atoms with E-state index in [9.17, 15) is 9.59 Å². The topological polar surface area (TPSA) is 81.7 Å². The zero-order chi connectivity index (χ0) is 14.4. The number of piperazine rings is 1. The highest BCUT2D eigenvalue weighted by atomic mass is 16.4. The summed E-state index contributed by atoms with van der Waals surface area (Å²) in [5.41, 5.74) is 0. The van der Waals surface area contributed by atoms with Crippen LogP contribution in [0, 0.1) is 11.8 Å². The van der Waals surface area contributed by atoms with Gasteiger partial charge >= 0.3 is 5.97 Å². The van der Waals surface area contributed by atoms with Gasteiger partial charge in [0, 0.05) is 45.2 Å². The van der Waals surface area contributed by atoms with Gasteiger partial charge in [-0.2, -0.15) is 0 Å². The van der Waals surface area contributed by atoms with E-state index in [2.05, 4.69) is 15.5 Å². The number of nitrogens with one attached hydrogen (secondary N) is 2. The number of amides is 1. The van der Waals surface area contributed by atoms with E-state index in [0.717, 1.165) is 32.7 Å². The second kappa shape index (κ2) is 7.59. The highest BCUT2D eigenvalue weighted by molar-refractivity contribution is 5.79. The molecule has 1 saturated heterocycles. The highest BCUT2D eigenvalue weighted by Gasteiger charge is 2.29. The van der Waals surface area contributed by atoms with E-state index in [1.807, 2.05) is 0 Å². The number of rotatable bonds is 5. The molecule has 1 heterocycles. The quantitative estimate of drug-likeness (QED) is 0.656. The Bertz CT molecular complexity index is 335. The predicted octanol–water partition coefficient (Wildman–Crippen LogP) is -0.101. The number of carbonyl (C=O) groups excluding carboxylic acids is 1. The second-order valence-electron chi connectivity index (χ2n) is 5.77. The fourth-order valence-electron chi connectivity index (χ4n) is 3.02. The molecule has 0 bridgehead atoms. The van der Waals surface area contributed by atoms with Crippen LogP contribution in [-0.2, 0) is 9.59 Å². The summed E-state index contributed by atoms with van der Waals surface area (Å²) < 4.78 is 0. The Morgan fingerprint density at radius 2 is 1.70 bits per heavy atom. The Labute approximate surface area is 119 Å². The molecule has 2 aliphatic rings. The van der Waals surface area contributed by atoms with E-state index in [-0.39, 0.29) is 17.7 Å². The summed E-state index contributed by atoms with van der Waals surface area (Å²) in [5.74, 6) is -0.861. The third-order valence-electron chi connectivity index (χ3n) is 4.38. The van der Waals surface area contributed by atoms with Gasteiger partial charge in [0.05, 0.1) is 5.92 Å². The monoisotopic (exact) mass is 283 g/mol. The lowest BCUT2D eigenvalue weighted by atomic mass is 9.81. The second-order valence-corrected chi connectivity index (χ2v) is 5.77. The number of carboxylic acids is 1. The lowest BCUT2D eigenvalue weighted by molar-refractivity contribution is -0.144. The van der Waals surface area contributed by atoms with Crippen LogP contribution in [-0.4, -0.2) is 61.2 Å². The summed E-state index contributed by atoms with van der Waals surface area (Å²) in [4.78, 5) is 25.2. The number of hydrogen-bond donors (Lipinski definition) is 3. The fourth-order valence-corrected chi connectivity index (χ4v) is 3.02. The Hall–Kier alpha value is -1.14. The molecule has 1 aliphatic heterocycles. The minimum Gasteiger partial charge on any atom is -0.481 e. The lowest BCUT2D eigenvalue weighted by Crippen LogP contribution is -2.46. The molecule has 0 unspecified atom stereocenters. The van der Waals surface area contributed by atoms with Crippen LogP contribution >= 0.6 is 0 Å². The third kappa shape index (κ3) is 4.45. The molecule has 3 N–H and O–H groups in total. The summed E-state index contributed by atoms with van der Waals surface area (Å²) >= 11 is 0. The Morgan fingerprint density at radius 1 is 1.10 bits per heavy atom. The fraction of sp³-hybridized carbons (Fsp3) is 0.857. The Morgan fingerprint density at radius 3 is 2.30 bits per heavy atom. The first-order valence-electron chi connectivity index (χ1n) is 7.60. The summed E-state index contributed by atoms with van der Waals surface area (Å²) in [7, 11) is 0. The van der Waals surface area contributed by atoms with Crippen molar-refractivity contribution < 1.29 is 14.7 Å². The molecule has 6 heteroatoms. The largest absolute Gasteiger partial charge is 0.481 e. The third-order valence-corrected chi connectivity index (χ3v) is 4.38. The van der Waals surface area contributed by atoms with E-state index in [1.54, 1.807) is 0 Å². The zero-order valence-electron chi connectivity index (χ0n) is 11.9. The van der Waals surface area contributed by atoms with Gasteiger partial charge < -0.3 is 15.7 Å². The van der Waals surface area contributed by atoms with Gasteiger partial charge in [-0.3, -0.25) is 14.5 Å². The highest BCUT2D eigenvalue weighted by Crippen LogP contribution is 2.28. The minimum atomic E-state index is -0.720. The standard InChI is InChI=1S/C14H25N3O3/c18-13(11-1-3-12(4-2-11)14(19)20)16-7-10-17-8-5-15-6-9-17/h11-12,15H,1-10H2,(H,16,18)(H,19,20). The van der Waals surface area contributed by atoms with Gasteiger partial charge in [0.25, 0.3) is 0 Å². The maximum atomic E-state index is 12.0. The van der Waals surface area contributed by atoms with Crippen molar-refractivity contribution in [1.82, 2.24) is 15.5 Å². The zero-order valence-corrected chi connectivity index (χ0v) is 11.9. The van der Waals surface area contributed by atoms with Crippen molar-refractivity contribution in [2.75, 3.05) is 39.3 Å². The van der Waals surface area contributed by atoms with Crippen LogP contribution in [0.15, 0.2) is 0 Å². The van der Waals surface area contributed by atoms with Crippen LogP contribution in [0.4, 0.5) is 0 Å². The predicted molar refractivity (Wildman–Crippen MR) is 75.4 cm³/mol. The van der Waals surface area contributed by atoms with Gasteiger partial charge in [-0.05, 0) is 25.7 Å². The summed E-state index contributed by atoms with van der Waals surface area (Å²) in [5, 5.41) is 15.2. The number of hydrogen-bond acceptors (Lipinski definition) is 4. The van der Waals surface area contributed by atoms with Gasteiger partial charge in [-0.25, -0.2) is 0 Å². The lowest BCUT2D eigenvalue weighted by Gasteiger charge is -2.28. The average molecular weight is 283 g/mol. The van der Waals surface area contributed by atoms with Gasteiger partial charge in [-0.15, -0.1) is 0 Å². The summed E-state index contributed by atoms with van der Waals surface area (Å²) in [6, 6.07) is 0. The maximum Gasteiger partial charge on any atom is 0.306 e. The molecule has 2 rings (SSSR count). The molecule has 114 valence electrons. The molecule has 0 aromatic heterocycles. The van der Waals surface area contributed by atoms with Gasteiger partial charge in [0.1, 0.15) is 0 Å². The minimum absolute atomic E-state index is 0.00798. The van der Waals surface area contributed by atoms with E-state index >= 15 is 0 Å². The van der Waals surface area contributed by atoms with Gasteiger partial charge in [0.15, 0.2) is 0 Å². The smallest absolute Gasteiger partial charge is 0.306 e. The summed E-state index contributed by atoms with van der Waals surface area (Å²) in [6.45, 7) is 5.72. The maximum absolute atomic E-state index is 12.0. The molecular weight excluding hydrogens is 258 g/mol. The average Bonchev–Trinajstić information content (AvgIpc) is 2.48. The normalized spacial score (nSPS) is 28.0. The molecule has 2 fully saturated rings. The molecule has 0 aromatic carbocycles. The molecule has 1 aliphatic carbocycles. The van der Waals surface area contributed by atoms with Crippen molar-refractivity contribution in [3.63, 3.8) is 0 Å². The number of aliphatic carboxylic acids is 1. The van der Waals surface area contributed by atoms with Crippen molar-refractivity contribution in [3.05, 3.63) is 0 Å². The first-order chi connectivity index (χ1) is 9.66. The molecule has 6 nitrogen and oxygen atoms in total. The molecule has 0 radical (unpaired) electrons. The van der Waals surface area contributed by atoms with Crippen LogP contribution < -0.4 is 10.6 Å². The molecule has 1 amide bonds. The van der Waals surface area contributed by atoms with Crippen molar-refractivity contribution in [2.24, 2.45) is 11.8 Å². The molecule has 0 aromatic rings. The van der Waals surface area contributed by atoms with Crippen LogP contribution in [0.1, 0.15) is 25.7 Å². The van der Waals surface area contributed by atoms with E-state index in [0.29, 0.717) is 32.2 Å². The van der Waals surface area contributed by atoms with E-state index < -0.39 is 5.97 Å². The molecule has 20 heavy (non-hydrogen) atoms. The number of nitrogens with zero attached hydrogens (tertiary/aromatic N) is 1. The summed E-state index contributed by atoms with van der Waals surface area (Å²) in [6.07, 6.45) is 2.67. The first-order valence-corrected chi connectivity index (χ1v) is 7.60. The Balaban J connectivity index is 1.61. The number of carbonyl (C=O) groups is 2. The first kappa shape index (κ1) is 15.3. The SMILES string of the molecule is O=C(O)C1CCC(C(=O)NCCN2CCNCC2)CC1. The van der Waals surface area contributed by atoms with Gasteiger partial charge in [0.2, 0.25) is 5.91 Å². The number of carboxylic acid groups (broad SMARTS) is 1.